The molecule has 1 aromatic rings. The average Bonchev–Trinajstić information content (AvgIpc) is 2.48. The molecular formula is C16H22N2O4S. The Morgan fingerprint density at radius 2 is 2.09 bits per heavy atom. The van der Waals surface area contributed by atoms with Crippen LogP contribution in [0.2, 0.25) is 0 Å². The lowest BCUT2D eigenvalue weighted by atomic mass is 9.93. The number of sulfone groups is 1. The number of nitrogens with one attached hydrogen (secondary N) is 2. The number of hydrogen-bond donors (Lipinski definition) is 2. The molecule has 0 saturated carbocycles. The van der Waals surface area contributed by atoms with Crippen LogP contribution >= 0.6 is 0 Å². The van der Waals surface area contributed by atoms with E-state index in [9.17, 15) is 13.2 Å². The number of carbonyl (C=O) groups excluding carboxylic acids is 1. The number of hydrazine groups is 1. The molecule has 1 heterocycles. The van der Waals surface area contributed by atoms with Crippen molar-refractivity contribution in [2.75, 3.05) is 13.4 Å². The predicted octanol–water partition coefficient (Wildman–Crippen LogP) is 1.53. The van der Waals surface area contributed by atoms with Gasteiger partial charge in [0.2, 0.25) is 5.91 Å². The molecule has 6 nitrogen and oxygen atoms in total. The molecular weight excluding hydrogens is 316 g/mol. The fourth-order valence-electron chi connectivity index (χ4n) is 2.57. The van der Waals surface area contributed by atoms with Crippen LogP contribution < -0.4 is 15.6 Å². The molecule has 7 heteroatoms. The summed E-state index contributed by atoms with van der Waals surface area (Å²) in [5.74, 6) is 0.657. The van der Waals surface area contributed by atoms with E-state index < -0.39 is 9.84 Å². The minimum Gasteiger partial charge on any atom is -0.496 e. The van der Waals surface area contributed by atoms with Gasteiger partial charge in [0.15, 0.2) is 9.84 Å². The first-order chi connectivity index (χ1) is 10.7. The zero-order valence-electron chi connectivity index (χ0n) is 13.7. The van der Waals surface area contributed by atoms with Gasteiger partial charge in [-0.25, -0.2) is 13.8 Å². The van der Waals surface area contributed by atoms with Crippen LogP contribution in [0.3, 0.4) is 0 Å². The van der Waals surface area contributed by atoms with Crippen molar-refractivity contribution in [3.05, 3.63) is 29.8 Å². The molecule has 0 aromatic heterocycles. The van der Waals surface area contributed by atoms with Crippen LogP contribution in [0, 0.1) is 5.92 Å². The number of benzene rings is 1. The second kappa shape index (κ2) is 6.72. The molecule has 0 bridgehead atoms. The van der Waals surface area contributed by atoms with Crippen LogP contribution in [0.5, 0.6) is 5.75 Å². The number of amides is 1. The van der Waals surface area contributed by atoms with Crippen molar-refractivity contribution in [2.24, 2.45) is 5.92 Å². The monoisotopic (exact) mass is 338 g/mol. The number of carbonyl (C=O) groups is 1. The maximum atomic E-state index is 11.7. The van der Waals surface area contributed by atoms with Crippen molar-refractivity contribution in [3.63, 3.8) is 0 Å². The Kier molecular flexibility index (Phi) is 5.11. The van der Waals surface area contributed by atoms with Crippen molar-refractivity contribution in [3.8, 4) is 5.75 Å². The molecule has 2 N–H and O–H groups in total. The van der Waals surface area contributed by atoms with E-state index in [-0.39, 0.29) is 22.8 Å². The summed E-state index contributed by atoms with van der Waals surface area (Å²) >= 11 is 0. The molecule has 0 aliphatic carbocycles. The molecule has 2 unspecified atom stereocenters. The third-order valence-electron chi connectivity index (χ3n) is 3.95. The zero-order valence-corrected chi connectivity index (χ0v) is 14.5. The van der Waals surface area contributed by atoms with Gasteiger partial charge in [0.25, 0.3) is 0 Å². The highest BCUT2D eigenvalue weighted by Gasteiger charge is 2.24. The normalized spacial score (nSPS) is 22.6. The van der Waals surface area contributed by atoms with E-state index in [4.69, 9.17) is 4.74 Å². The summed E-state index contributed by atoms with van der Waals surface area (Å²) in [6.07, 6.45) is 3.65. The van der Waals surface area contributed by atoms with E-state index in [1.165, 1.54) is 19.4 Å². The van der Waals surface area contributed by atoms with Gasteiger partial charge < -0.3 is 4.74 Å². The number of ether oxygens (including phenoxy) is 1. The van der Waals surface area contributed by atoms with Crippen LogP contribution in [0.15, 0.2) is 29.2 Å². The molecule has 1 aliphatic heterocycles. The van der Waals surface area contributed by atoms with Gasteiger partial charge in [-0.15, -0.1) is 0 Å². The third-order valence-corrected chi connectivity index (χ3v) is 5.06. The average molecular weight is 338 g/mol. The van der Waals surface area contributed by atoms with Crippen LogP contribution in [-0.4, -0.2) is 33.7 Å². The minimum atomic E-state index is -3.28. The van der Waals surface area contributed by atoms with Crippen molar-refractivity contribution < 1.29 is 17.9 Å². The fourth-order valence-corrected chi connectivity index (χ4v) is 3.21. The topological polar surface area (TPSA) is 84.5 Å². The summed E-state index contributed by atoms with van der Waals surface area (Å²) < 4.78 is 28.6. The first kappa shape index (κ1) is 17.5. The highest BCUT2D eigenvalue weighted by atomic mass is 32.2. The van der Waals surface area contributed by atoms with E-state index in [0.29, 0.717) is 12.2 Å². The van der Waals surface area contributed by atoms with Gasteiger partial charge in [-0.05, 0) is 36.6 Å². The van der Waals surface area contributed by atoms with Crippen molar-refractivity contribution in [1.29, 1.82) is 0 Å². The van der Waals surface area contributed by atoms with Crippen LogP contribution in [0.25, 0.3) is 5.57 Å². The second-order valence-electron chi connectivity index (χ2n) is 5.88. The maximum absolute atomic E-state index is 11.7. The number of methoxy groups -OCH3 is 1. The highest BCUT2D eigenvalue weighted by molar-refractivity contribution is 7.90. The summed E-state index contributed by atoms with van der Waals surface area (Å²) in [5, 5.41) is 0. The largest absolute Gasteiger partial charge is 0.496 e. The van der Waals surface area contributed by atoms with Crippen molar-refractivity contribution in [2.45, 2.75) is 31.2 Å². The Morgan fingerprint density at radius 3 is 2.65 bits per heavy atom. The smallest absolute Gasteiger partial charge is 0.234 e. The van der Waals surface area contributed by atoms with E-state index in [0.717, 1.165) is 11.1 Å². The van der Waals surface area contributed by atoms with Gasteiger partial charge in [0.1, 0.15) is 5.75 Å². The fraction of sp³-hybridized carbons (Fsp3) is 0.438. The second-order valence-corrected chi connectivity index (χ2v) is 7.90. The lowest BCUT2D eigenvalue weighted by Gasteiger charge is -2.28. The lowest BCUT2D eigenvalue weighted by molar-refractivity contribution is -0.125. The molecule has 2 atom stereocenters. The molecule has 2 rings (SSSR count). The quantitative estimate of drug-likeness (QED) is 0.870. The Labute approximate surface area is 136 Å². The van der Waals surface area contributed by atoms with Gasteiger partial charge in [0, 0.05) is 24.3 Å². The molecule has 0 radical (unpaired) electrons. The van der Waals surface area contributed by atoms with E-state index in [1.54, 1.807) is 12.1 Å². The van der Waals surface area contributed by atoms with Crippen molar-refractivity contribution >= 4 is 21.3 Å². The predicted molar refractivity (Wildman–Crippen MR) is 88.6 cm³/mol. The van der Waals surface area contributed by atoms with Gasteiger partial charge in [-0.2, -0.15) is 0 Å². The number of rotatable bonds is 4. The molecule has 1 saturated heterocycles. The van der Waals surface area contributed by atoms with Crippen LogP contribution in [0.4, 0.5) is 0 Å². The Hall–Kier alpha value is -1.86. The van der Waals surface area contributed by atoms with E-state index in [2.05, 4.69) is 10.9 Å². The molecule has 1 amide bonds. The zero-order chi connectivity index (χ0) is 17.2. The number of hydrogen-bond acceptors (Lipinski definition) is 5. The van der Waals surface area contributed by atoms with Gasteiger partial charge in [-0.3, -0.25) is 10.2 Å². The highest BCUT2D eigenvalue weighted by Crippen LogP contribution is 2.29. The maximum Gasteiger partial charge on any atom is 0.234 e. The Bertz CT molecular complexity index is 740. The van der Waals surface area contributed by atoms with E-state index in [1.807, 2.05) is 19.9 Å². The minimum absolute atomic E-state index is 0.00647. The first-order valence-electron chi connectivity index (χ1n) is 7.33. The molecule has 0 spiro atoms. The molecule has 1 aromatic carbocycles. The van der Waals surface area contributed by atoms with Gasteiger partial charge in [-0.1, -0.05) is 13.0 Å². The SMILES string of the molecule is COc1cc(S(C)(=O)=O)ccc1/C(C)=C/C1NNC(=O)CC1C. The summed E-state index contributed by atoms with van der Waals surface area (Å²) in [6.45, 7) is 3.94. The third kappa shape index (κ3) is 4.11. The van der Waals surface area contributed by atoms with E-state index >= 15 is 0 Å². The standard InChI is InChI=1S/C16H22N2O4S/c1-10(7-14-11(2)8-16(19)18-17-14)13-6-5-12(23(4,20)21)9-15(13)22-3/h5-7,9,11,14,17H,8H2,1-4H3,(H,18,19)/b10-7+. The molecule has 23 heavy (non-hydrogen) atoms. The first-order valence-corrected chi connectivity index (χ1v) is 9.22. The Balaban J connectivity index is 2.33. The molecule has 126 valence electrons. The molecule has 1 fully saturated rings. The number of allylic oxidation sites excluding steroid dienone is 1. The summed E-state index contributed by atoms with van der Waals surface area (Å²) in [7, 11) is -1.77. The summed E-state index contributed by atoms with van der Waals surface area (Å²) in [5.41, 5.74) is 7.38. The van der Waals surface area contributed by atoms with Crippen LogP contribution in [0.1, 0.15) is 25.8 Å². The van der Waals surface area contributed by atoms with Gasteiger partial charge >= 0.3 is 0 Å². The van der Waals surface area contributed by atoms with Crippen LogP contribution in [-0.2, 0) is 14.6 Å². The molecule has 1 aliphatic rings. The van der Waals surface area contributed by atoms with Crippen molar-refractivity contribution in [1.82, 2.24) is 10.9 Å². The van der Waals surface area contributed by atoms with Gasteiger partial charge in [0.05, 0.1) is 12.0 Å². The summed E-state index contributed by atoms with van der Waals surface area (Å²) in [6, 6.07) is 4.85. The lowest BCUT2D eigenvalue weighted by Crippen LogP contribution is -2.52. The summed E-state index contributed by atoms with van der Waals surface area (Å²) in [4.78, 5) is 11.6. The Morgan fingerprint density at radius 1 is 1.39 bits per heavy atom.